The first kappa shape index (κ1) is 18.3. The molecule has 0 aliphatic heterocycles. The van der Waals surface area contributed by atoms with Gasteiger partial charge < -0.3 is 9.47 Å². The van der Waals surface area contributed by atoms with Gasteiger partial charge in [0.05, 0.1) is 0 Å². The number of alkyl halides is 5. The summed E-state index contributed by atoms with van der Waals surface area (Å²) < 4.78 is 95.8. The van der Waals surface area contributed by atoms with Crippen LogP contribution >= 0.6 is 11.6 Å². The molecule has 0 amide bonds. The SMILES string of the molecule is COC(C)(CCCl)C(F)(F)C(F)(F)OC(F)=C(F)F. The van der Waals surface area contributed by atoms with E-state index in [1.807, 2.05) is 0 Å². The van der Waals surface area contributed by atoms with Gasteiger partial charge in [-0.25, -0.2) is 0 Å². The Hall–Kier alpha value is -0.700. The molecule has 0 saturated carbocycles. The Balaban J connectivity index is 5.42. The molecular formula is C9H10ClF7O2. The molecule has 19 heavy (non-hydrogen) atoms. The molecule has 0 radical (unpaired) electrons. The summed E-state index contributed by atoms with van der Waals surface area (Å²) in [6, 6.07) is -3.09. The third-order valence-electron chi connectivity index (χ3n) is 2.42. The van der Waals surface area contributed by atoms with Crippen LogP contribution in [0.5, 0.6) is 0 Å². The van der Waals surface area contributed by atoms with Crippen molar-refractivity contribution in [3.63, 3.8) is 0 Å². The molecule has 2 nitrogen and oxygen atoms in total. The summed E-state index contributed by atoms with van der Waals surface area (Å²) in [7, 11) is 0.693. The molecule has 1 unspecified atom stereocenters. The Morgan fingerprint density at radius 1 is 1.11 bits per heavy atom. The first-order valence-corrected chi connectivity index (χ1v) is 5.25. The smallest absolute Gasteiger partial charge is 0.398 e. The average Bonchev–Trinajstić information content (AvgIpc) is 2.27. The van der Waals surface area contributed by atoms with Crippen molar-refractivity contribution >= 4 is 11.6 Å². The molecular weight excluding hydrogens is 309 g/mol. The summed E-state index contributed by atoms with van der Waals surface area (Å²) in [4.78, 5) is 0. The minimum atomic E-state index is -5.54. The summed E-state index contributed by atoms with van der Waals surface area (Å²) >= 11 is 5.17. The highest BCUT2D eigenvalue weighted by atomic mass is 35.5. The van der Waals surface area contributed by atoms with E-state index < -0.39 is 42.0 Å². The van der Waals surface area contributed by atoms with Crippen LogP contribution in [0, 0.1) is 0 Å². The summed E-state index contributed by atoms with van der Waals surface area (Å²) in [5.41, 5.74) is -2.83. The van der Waals surface area contributed by atoms with Crippen LogP contribution in [0.25, 0.3) is 0 Å². The number of hydrogen-bond donors (Lipinski definition) is 0. The van der Waals surface area contributed by atoms with Crippen molar-refractivity contribution in [2.24, 2.45) is 0 Å². The first-order chi connectivity index (χ1) is 8.45. The fourth-order valence-corrected chi connectivity index (χ4v) is 1.45. The lowest BCUT2D eigenvalue weighted by molar-refractivity contribution is -0.383. The van der Waals surface area contributed by atoms with Crippen molar-refractivity contribution in [2.45, 2.75) is 31.0 Å². The van der Waals surface area contributed by atoms with Crippen molar-refractivity contribution < 1.29 is 40.2 Å². The van der Waals surface area contributed by atoms with E-state index in [1.54, 1.807) is 0 Å². The van der Waals surface area contributed by atoms with E-state index in [1.165, 1.54) is 0 Å². The molecule has 0 saturated heterocycles. The van der Waals surface area contributed by atoms with Gasteiger partial charge in [0.2, 0.25) is 0 Å². The van der Waals surface area contributed by atoms with E-state index in [0.29, 0.717) is 14.0 Å². The molecule has 0 aliphatic rings. The van der Waals surface area contributed by atoms with Crippen LogP contribution in [0.15, 0.2) is 12.1 Å². The number of ether oxygens (including phenoxy) is 2. The highest BCUT2D eigenvalue weighted by Gasteiger charge is 2.70. The van der Waals surface area contributed by atoms with Crippen LogP contribution < -0.4 is 0 Å². The Labute approximate surface area is 109 Å². The molecule has 0 N–H and O–H groups in total. The second-order valence-electron chi connectivity index (χ2n) is 3.60. The Kier molecular flexibility index (Phi) is 5.94. The van der Waals surface area contributed by atoms with E-state index in [-0.39, 0.29) is 0 Å². The van der Waals surface area contributed by atoms with Crippen molar-refractivity contribution in [2.75, 3.05) is 13.0 Å². The quantitative estimate of drug-likeness (QED) is 0.396. The first-order valence-electron chi connectivity index (χ1n) is 4.71. The van der Waals surface area contributed by atoms with Crippen LogP contribution in [0.3, 0.4) is 0 Å². The van der Waals surface area contributed by atoms with Gasteiger partial charge in [0.25, 0.3) is 0 Å². The minimum absolute atomic E-state index is 0.480. The molecule has 10 heteroatoms. The second kappa shape index (κ2) is 6.17. The van der Waals surface area contributed by atoms with Crippen molar-refractivity contribution in [3.05, 3.63) is 12.1 Å². The Morgan fingerprint density at radius 3 is 1.89 bits per heavy atom. The van der Waals surface area contributed by atoms with Crippen LogP contribution in [0.1, 0.15) is 13.3 Å². The third kappa shape index (κ3) is 3.65. The van der Waals surface area contributed by atoms with E-state index in [9.17, 15) is 30.7 Å². The average molecular weight is 319 g/mol. The second-order valence-corrected chi connectivity index (χ2v) is 3.98. The molecule has 0 bridgehead atoms. The number of hydrogen-bond acceptors (Lipinski definition) is 2. The molecule has 0 aromatic carbocycles. The van der Waals surface area contributed by atoms with E-state index in [2.05, 4.69) is 9.47 Å². The maximum Gasteiger partial charge on any atom is 0.469 e. The highest BCUT2D eigenvalue weighted by Crippen LogP contribution is 2.47. The van der Waals surface area contributed by atoms with Crippen LogP contribution in [-0.2, 0) is 9.47 Å². The van der Waals surface area contributed by atoms with Gasteiger partial charge >= 0.3 is 24.1 Å². The lowest BCUT2D eigenvalue weighted by Crippen LogP contribution is -2.59. The van der Waals surface area contributed by atoms with E-state index in [0.717, 1.165) is 0 Å². The van der Waals surface area contributed by atoms with Gasteiger partial charge in [-0.3, -0.25) is 0 Å². The third-order valence-corrected chi connectivity index (χ3v) is 2.61. The Morgan fingerprint density at radius 2 is 1.58 bits per heavy atom. The largest absolute Gasteiger partial charge is 0.469 e. The highest BCUT2D eigenvalue weighted by molar-refractivity contribution is 6.17. The molecule has 0 heterocycles. The van der Waals surface area contributed by atoms with Gasteiger partial charge in [-0.05, 0) is 13.3 Å². The molecule has 0 aromatic rings. The number of rotatable bonds is 7. The zero-order valence-electron chi connectivity index (χ0n) is 9.75. The topological polar surface area (TPSA) is 18.5 Å². The van der Waals surface area contributed by atoms with Crippen LogP contribution in [0.4, 0.5) is 30.7 Å². The van der Waals surface area contributed by atoms with Gasteiger partial charge in [0, 0.05) is 13.0 Å². The molecule has 0 spiro atoms. The number of halogens is 8. The summed E-state index contributed by atoms with van der Waals surface area (Å²) in [5, 5.41) is 0. The van der Waals surface area contributed by atoms with Gasteiger partial charge in [-0.2, -0.15) is 30.7 Å². The molecule has 0 aliphatic carbocycles. The maximum absolute atomic E-state index is 13.6. The zero-order chi connectivity index (χ0) is 15.5. The fraction of sp³-hybridized carbons (Fsp3) is 0.778. The van der Waals surface area contributed by atoms with Crippen molar-refractivity contribution in [1.29, 1.82) is 0 Å². The van der Waals surface area contributed by atoms with Gasteiger partial charge in [-0.15, -0.1) is 11.6 Å². The fourth-order valence-electron chi connectivity index (χ4n) is 1.09. The van der Waals surface area contributed by atoms with Crippen LogP contribution in [0.2, 0.25) is 0 Å². The summed E-state index contributed by atoms with van der Waals surface area (Å²) in [6.45, 7) is 0.570. The summed E-state index contributed by atoms with van der Waals surface area (Å²) in [5.74, 6) is -5.58. The lowest BCUT2D eigenvalue weighted by Gasteiger charge is -2.38. The van der Waals surface area contributed by atoms with Gasteiger partial charge in [0.1, 0.15) is 5.60 Å². The molecule has 0 rings (SSSR count). The van der Waals surface area contributed by atoms with Crippen LogP contribution in [-0.4, -0.2) is 30.6 Å². The van der Waals surface area contributed by atoms with Gasteiger partial charge in [-0.1, -0.05) is 0 Å². The number of methoxy groups -OCH3 is 1. The predicted octanol–water partition coefficient (Wildman–Crippen LogP) is 4.30. The summed E-state index contributed by atoms with van der Waals surface area (Å²) in [6.07, 6.45) is -9.58. The normalized spacial score (nSPS) is 15.9. The Bertz CT molecular complexity index is 343. The molecule has 0 aromatic heterocycles. The monoisotopic (exact) mass is 318 g/mol. The van der Waals surface area contributed by atoms with E-state index in [4.69, 9.17) is 11.6 Å². The lowest BCUT2D eigenvalue weighted by atomic mass is 9.93. The van der Waals surface area contributed by atoms with Crippen molar-refractivity contribution in [3.8, 4) is 0 Å². The molecule has 114 valence electrons. The minimum Gasteiger partial charge on any atom is -0.398 e. The van der Waals surface area contributed by atoms with E-state index >= 15 is 0 Å². The molecule has 1 atom stereocenters. The van der Waals surface area contributed by atoms with Crippen molar-refractivity contribution in [1.82, 2.24) is 0 Å². The maximum atomic E-state index is 13.6. The van der Waals surface area contributed by atoms with Gasteiger partial charge in [0.15, 0.2) is 0 Å². The molecule has 0 fully saturated rings. The standard InChI is InChI=1S/C9H10ClF7O2/c1-7(18-2,3-4-10)8(14,15)9(16,17)19-6(13)5(11)12/h3-4H2,1-2H3. The predicted molar refractivity (Wildman–Crippen MR) is 52.1 cm³/mol. The zero-order valence-corrected chi connectivity index (χ0v) is 10.5.